The highest BCUT2D eigenvalue weighted by molar-refractivity contribution is 7.89. The standard InChI is InChI=1S/C20H30N2O5S/c1-7-21(13-15(4)5)19(23)14-27-20(24)17-11-10-16(6)18(12-17)28(25,26)22(8-2)9-3/h10-12H,4,7-9,13-14H2,1-3,5-6H3. The van der Waals surface area contributed by atoms with Gasteiger partial charge in [0.05, 0.1) is 10.5 Å². The third kappa shape index (κ3) is 5.90. The maximum atomic E-state index is 12.8. The smallest absolute Gasteiger partial charge is 0.338 e. The van der Waals surface area contributed by atoms with Gasteiger partial charge in [-0.05, 0) is 38.5 Å². The fraction of sp³-hybridized carbons (Fsp3) is 0.500. The molecule has 0 radical (unpaired) electrons. The number of ether oxygens (including phenoxy) is 1. The van der Waals surface area contributed by atoms with Crippen LogP contribution in [0.3, 0.4) is 0 Å². The molecule has 1 aromatic carbocycles. The Balaban J connectivity index is 2.99. The van der Waals surface area contributed by atoms with Crippen LogP contribution in [0.1, 0.15) is 43.6 Å². The molecule has 156 valence electrons. The van der Waals surface area contributed by atoms with Crippen LogP contribution in [0.15, 0.2) is 35.2 Å². The lowest BCUT2D eigenvalue weighted by atomic mass is 10.1. The molecule has 0 atom stereocenters. The number of likely N-dealkylation sites (N-methyl/N-ethyl adjacent to an activating group) is 1. The van der Waals surface area contributed by atoms with Gasteiger partial charge in [-0.1, -0.05) is 32.1 Å². The minimum absolute atomic E-state index is 0.0643. The van der Waals surface area contributed by atoms with Crippen molar-refractivity contribution in [2.24, 2.45) is 0 Å². The Morgan fingerprint density at radius 1 is 1.11 bits per heavy atom. The predicted molar refractivity (Wildman–Crippen MR) is 109 cm³/mol. The van der Waals surface area contributed by atoms with Crippen molar-refractivity contribution in [2.75, 3.05) is 32.8 Å². The van der Waals surface area contributed by atoms with Gasteiger partial charge in [-0.15, -0.1) is 0 Å². The maximum absolute atomic E-state index is 12.8. The Hall–Kier alpha value is -2.19. The number of amides is 1. The Bertz CT molecular complexity index is 829. The van der Waals surface area contributed by atoms with Crippen molar-refractivity contribution in [2.45, 2.75) is 39.5 Å². The number of rotatable bonds is 10. The first kappa shape index (κ1) is 23.8. The lowest BCUT2D eigenvalue weighted by Crippen LogP contribution is -2.35. The lowest BCUT2D eigenvalue weighted by Gasteiger charge is -2.21. The molecule has 1 rings (SSSR count). The zero-order valence-electron chi connectivity index (χ0n) is 17.3. The molecular weight excluding hydrogens is 380 g/mol. The van der Waals surface area contributed by atoms with E-state index in [0.717, 1.165) is 5.57 Å². The first-order chi connectivity index (χ1) is 13.1. The van der Waals surface area contributed by atoms with Gasteiger partial charge in [0.15, 0.2) is 6.61 Å². The van der Waals surface area contributed by atoms with Gasteiger partial charge in [0.25, 0.3) is 5.91 Å². The maximum Gasteiger partial charge on any atom is 0.338 e. The molecule has 28 heavy (non-hydrogen) atoms. The summed E-state index contributed by atoms with van der Waals surface area (Å²) in [5, 5.41) is 0. The molecule has 0 saturated carbocycles. The molecule has 0 aliphatic carbocycles. The van der Waals surface area contributed by atoms with E-state index in [1.165, 1.54) is 21.3 Å². The summed E-state index contributed by atoms with van der Waals surface area (Å²) in [5.74, 6) is -1.07. The van der Waals surface area contributed by atoms with Crippen molar-refractivity contribution in [3.63, 3.8) is 0 Å². The molecule has 0 heterocycles. The molecule has 0 aliphatic heterocycles. The van der Waals surface area contributed by atoms with Crippen molar-refractivity contribution in [3.8, 4) is 0 Å². The van der Waals surface area contributed by atoms with E-state index in [4.69, 9.17) is 4.74 Å². The van der Waals surface area contributed by atoms with Crippen molar-refractivity contribution < 1.29 is 22.7 Å². The summed E-state index contributed by atoms with van der Waals surface area (Å²) >= 11 is 0. The van der Waals surface area contributed by atoms with Crippen molar-refractivity contribution in [1.82, 2.24) is 9.21 Å². The second-order valence-corrected chi connectivity index (χ2v) is 8.42. The predicted octanol–water partition coefficient (Wildman–Crippen LogP) is 2.61. The van der Waals surface area contributed by atoms with Gasteiger partial charge in [-0.2, -0.15) is 4.31 Å². The number of carbonyl (C=O) groups is 2. The van der Waals surface area contributed by atoms with E-state index in [0.29, 0.717) is 31.7 Å². The van der Waals surface area contributed by atoms with Crippen LogP contribution in [-0.2, 0) is 19.6 Å². The van der Waals surface area contributed by atoms with Gasteiger partial charge in [0.2, 0.25) is 10.0 Å². The molecule has 0 aromatic heterocycles. The van der Waals surface area contributed by atoms with Crippen molar-refractivity contribution >= 4 is 21.9 Å². The summed E-state index contributed by atoms with van der Waals surface area (Å²) in [6, 6.07) is 4.37. The topological polar surface area (TPSA) is 84.0 Å². The molecular formula is C20H30N2O5S. The minimum Gasteiger partial charge on any atom is -0.452 e. The van der Waals surface area contributed by atoms with E-state index in [9.17, 15) is 18.0 Å². The largest absolute Gasteiger partial charge is 0.452 e. The third-order valence-corrected chi connectivity index (χ3v) is 6.46. The summed E-state index contributed by atoms with van der Waals surface area (Å²) in [5.41, 5.74) is 1.46. The van der Waals surface area contributed by atoms with Crippen LogP contribution in [0, 0.1) is 6.92 Å². The molecule has 1 aromatic rings. The van der Waals surface area contributed by atoms with Crippen molar-refractivity contribution in [3.05, 3.63) is 41.5 Å². The second-order valence-electron chi connectivity index (χ2n) is 6.51. The summed E-state index contributed by atoms with van der Waals surface area (Å²) in [6.07, 6.45) is 0. The Kier molecular flexibility index (Phi) is 8.84. The molecule has 0 N–H and O–H groups in total. The van der Waals surface area contributed by atoms with E-state index < -0.39 is 22.6 Å². The summed E-state index contributed by atoms with van der Waals surface area (Å²) < 4.78 is 32.0. The van der Waals surface area contributed by atoms with Crippen LogP contribution in [0.2, 0.25) is 0 Å². The van der Waals surface area contributed by atoms with E-state index >= 15 is 0 Å². The normalized spacial score (nSPS) is 11.4. The van der Waals surface area contributed by atoms with Gasteiger partial charge < -0.3 is 9.64 Å². The SMILES string of the molecule is C=C(C)CN(CC)C(=O)COC(=O)c1ccc(C)c(S(=O)(=O)N(CC)CC)c1. The summed E-state index contributed by atoms with van der Waals surface area (Å²) in [4.78, 5) is 26.2. The highest BCUT2D eigenvalue weighted by Gasteiger charge is 2.25. The number of hydrogen-bond donors (Lipinski definition) is 0. The van der Waals surface area contributed by atoms with Crippen LogP contribution in [0.25, 0.3) is 0 Å². The van der Waals surface area contributed by atoms with Gasteiger partial charge in [0.1, 0.15) is 0 Å². The zero-order valence-corrected chi connectivity index (χ0v) is 18.1. The quantitative estimate of drug-likeness (QED) is 0.437. The minimum atomic E-state index is -3.71. The molecule has 7 nitrogen and oxygen atoms in total. The number of sulfonamides is 1. The van der Waals surface area contributed by atoms with E-state index in [2.05, 4.69) is 6.58 Å². The average molecular weight is 411 g/mol. The molecule has 0 bridgehead atoms. The van der Waals surface area contributed by atoms with Crippen LogP contribution >= 0.6 is 0 Å². The Morgan fingerprint density at radius 2 is 1.71 bits per heavy atom. The molecule has 0 aliphatic rings. The molecule has 0 fully saturated rings. The van der Waals surface area contributed by atoms with E-state index in [1.54, 1.807) is 26.8 Å². The van der Waals surface area contributed by atoms with Crippen molar-refractivity contribution in [1.29, 1.82) is 0 Å². The Labute approximate surface area is 168 Å². The third-order valence-electron chi connectivity index (χ3n) is 4.27. The van der Waals surface area contributed by atoms with Crippen LogP contribution in [0.5, 0.6) is 0 Å². The first-order valence-electron chi connectivity index (χ1n) is 9.28. The highest BCUT2D eigenvalue weighted by atomic mass is 32.2. The van der Waals surface area contributed by atoms with Crippen LogP contribution in [-0.4, -0.2) is 62.3 Å². The van der Waals surface area contributed by atoms with Crippen LogP contribution < -0.4 is 0 Å². The number of hydrogen-bond acceptors (Lipinski definition) is 5. The highest BCUT2D eigenvalue weighted by Crippen LogP contribution is 2.21. The van der Waals surface area contributed by atoms with Gasteiger partial charge >= 0.3 is 5.97 Å². The number of esters is 1. The molecule has 0 spiro atoms. The molecule has 8 heteroatoms. The summed E-state index contributed by atoms with van der Waals surface area (Å²) in [7, 11) is -3.71. The lowest BCUT2D eigenvalue weighted by molar-refractivity contribution is -0.133. The number of aryl methyl sites for hydroxylation is 1. The van der Waals surface area contributed by atoms with E-state index in [1.807, 2.05) is 13.8 Å². The Morgan fingerprint density at radius 3 is 2.21 bits per heavy atom. The second kappa shape index (κ2) is 10.4. The van der Waals surface area contributed by atoms with Gasteiger partial charge in [0, 0.05) is 26.2 Å². The number of carbonyl (C=O) groups excluding carboxylic acids is 2. The fourth-order valence-corrected chi connectivity index (χ4v) is 4.42. The first-order valence-corrected chi connectivity index (χ1v) is 10.7. The zero-order chi connectivity index (χ0) is 21.5. The fourth-order valence-electron chi connectivity index (χ4n) is 2.71. The summed E-state index contributed by atoms with van der Waals surface area (Å²) in [6.45, 7) is 13.7. The van der Waals surface area contributed by atoms with Gasteiger partial charge in [-0.25, -0.2) is 13.2 Å². The molecule has 0 saturated heterocycles. The van der Waals surface area contributed by atoms with Gasteiger partial charge in [-0.3, -0.25) is 4.79 Å². The van der Waals surface area contributed by atoms with Crippen LogP contribution in [0.4, 0.5) is 0 Å². The number of benzene rings is 1. The molecule has 1 amide bonds. The van der Waals surface area contributed by atoms with E-state index in [-0.39, 0.29) is 16.4 Å². The monoisotopic (exact) mass is 410 g/mol. The average Bonchev–Trinajstić information content (AvgIpc) is 2.64. The number of nitrogens with zero attached hydrogens (tertiary/aromatic N) is 2. The molecule has 0 unspecified atom stereocenters.